The lowest BCUT2D eigenvalue weighted by Gasteiger charge is -2.31. The summed E-state index contributed by atoms with van der Waals surface area (Å²) in [4.78, 5) is 42.3. The number of halogens is 1. The molecule has 0 saturated carbocycles. The molecule has 14 nitrogen and oxygen atoms in total. The second kappa shape index (κ2) is 15.4. The van der Waals surface area contributed by atoms with Crippen molar-refractivity contribution < 1.29 is 39.1 Å². The lowest BCUT2D eigenvalue weighted by Crippen LogP contribution is -2.53. The third-order valence-electron chi connectivity index (χ3n) is 6.62. The fourth-order valence-corrected chi connectivity index (χ4v) is 4.53. The summed E-state index contributed by atoms with van der Waals surface area (Å²) in [5, 5.41) is 34.1. The van der Waals surface area contributed by atoms with Crippen molar-refractivity contribution in [1.29, 1.82) is 0 Å². The Morgan fingerprint density at radius 2 is 1.89 bits per heavy atom. The average molecular weight is 639 g/mol. The number of aliphatic hydroxyl groups excluding tert-OH is 2. The minimum absolute atomic E-state index is 0.0973. The van der Waals surface area contributed by atoms with Gasteiger partial charge in [0.25, 0.3) is 5.60 Å². The zero-order valence-corrected chi connectivity index (χ0v) is 24.9. The van der Waals surface area contributed by atoms with E-state index in [-0.39, 0.29) is 35.3 Å². The van der Waals surface area contributed by atoms with Gasteiger partial charge in [0, 0.05) is 25.4 Å². The predicted molar refractivity (Wildman–Crippen MR) is 161 cm³/mol. The van der Waals surface area contributed by atoms with Gasteiger partial charge in [0.1, 0.15) is 6.10 Å². The Balaban J connectivity index is 1.61. The number of fused-ring (bicyclic) bond motifs is 1. The molecule has 1 unspecified atom stereocenters. The molecule has 236 valence electrons. The Kier molecular flexibility index (Phi) is 11.4. The molecule has 0 radical (unpaired) electrons. The molecule has 0 spiro atoms. The molecule has 4 N–H and O–H groups in total. The minimum atomic E-state index is -2.47. The maximum atomic E-state index is 13.0. The number of benzene rings is 1. The summed E-state index contributed by atoms with van der Waals surface area (Å²) >= 11 is 6.22. The number of rotatable bonds is 16. The molecule has 4 rings (SSSR count). The van der Waals surface area contributed by atoms with Crippen molar-refractivity contribution in [1.82, 2.24) is 24.5 Å². The van der Waals surface area contributed by atoms with E-state index in [9.17, 15) is 24.9 Å². The van der Waals surface area contributed by atoms with E-state index in [0.717, 1.165) is 5.56 Å². The SMILES string of the molecule is C#C[C@@H](O)[C@@H](O[C@@H](CO)COC(Cc1ccccc1)(C(=O)O)C(=O)OCC)n1cnc2c(NCc3ccncc3)nc(Cl)nc21. The number of hydrogen-bond donors (Lipinski definition) is 4. The molecule has 3 heterocycles. The molecular formula is C30H31ClN6O8. The van der Waals surface area contributed by atoms with Crippen LogP contribution in [-0.4, -0.2) is 89.4 Å². The van der Waals surface area contributed by atoms with Crippen LogP contribution in [0.3, 0.4) is 0 Å². The Morgan fingerprint density at radius 3 is 2.53 bits per heavy atom. The lowest BCUT2D eigenvalue weighted by atomic mass is 9.94. The van der Waals surface area contributed by atoms with E-state index in [4.69, 9.17) is 32.2 Å². The molecular weight excluding hydrogens is 608 g/mol. The highest BCUT2D eigenvalue weighted by Gasteiger charge is 2.50. The first-order chi connectivity index (χ1) is 21.7. The number of carbonyl (C=O) groups is 2. The highest BCUT2D eigenvalue weighted by atomic mass is 35.5. The van der Waals surface area contributed by atoms with Gasteiger partial charge in [-0.25, -0.2) is 14.6 Å². The molecule has 0 aliphatic heterocycles. The third kappa shape index (κ3) is 7.90. The number of anilines is 1. The van der Waals surface area contributed by atoms with E-state index in [1.165, 1.54) is 17.8 Å². The number of aromatic nitrogens is 5. The van der Waals surface area contributed by atoms with Gasteiger partial charge in [-0.2, -0.15) is 9.97 Å². The van der Waals surface area contributed by atoms with Crippen LogP contribution in [0.4, 0.5) is 5.82 Å². The van der Waals surface area contributed by atoms with Crippen LogP contribution in [0.1, 0.15) is 24.3 Å². The molecule has 0 fully saturated rings. The van der Waals surface area contributed by atoms with Crippen LogP contribution in [-0.2, 0) is 36.8 Å². The summed E-state index contributed by atoms with van der Waals surface area (Å²) in [6, 6.07) is 12.0. The number of aliphatic hydroxyl groups is 2. The van der Waals surface area contributed by atoms with Gasteiger partial charge in [0.2, 0.25) is 5.28 Å². The first-order valence-corrected chi connectivity index (χ1v) is 14.1. The first kappa shape index (κ1) is 33.2. The number of carboxylic acids is 1. The smallest absolute Gasteiger partial charge is 0.350 e. The topological polar surface area (TPSA) is 191 Å². The third-order valence-corrected chi connectivity index (χ3v) is 6.79. The molecule has 0 aliphatic rings. The molecule has 0 amide bonds. The Bertz CT molecular complexity index is 1630. The number of aliphatic carboxylic acids is 1. The number of carbonyl (C=O) groups excluding carboxylic acids is 1. The highest BCUT2D eigenvalue weighted by Crippen LogP contribution is 2.28. The molecule has 0 saturated heterocycles. The number of nitrogens with one attached hydrogen (secondary N) is 1. The van der Waals surface area contributed by atoms with E-state index < -0.39 is 49.2 Å². The maximum absolute atomic E-state index is 13.0. The van der Waals surface area contributed by atoms with Gasteiger partial charge in [-0.15, -0.1) is 6.42 Å². The largest absolute Gasteiger partial charge is 0.479 e. The van der Waals surface area contributed by atoms with E-state index in [0.29, 0.717) is 12.1 Å². The van der Waals surface area contributed by atoms with E-state index >= 15 is 0 Å². The number of hydrogen-bond acceptors (Lipinski definition) is 12. The summed E-state index contributed by atoms with van der Waals surface area (Å²) in [6.45, 7) is 0.481. The maximum Gasteiger partial charge on any atom is 0.350 e. The van der Waals surface area contributed by atoms with Gasteiger partial charge in [-0.3, -0.25) is 9.55 Å². The van der Waals surface area contributed by atoms with Gasteiger partial charge in [-0.1, -0.05) is 36.3 Å². The van der Waals surface area contributed by atoms with Gasteiger partial charge in [0.15, 0.2) is 29.3 Å². The Hall–Kier alpha value is -4.65. The first-order valence-electron chi connectivity index (χ1n) is 13.7. The van der Waals surface area contributed by atoms with Crippen LogP contribution < -0.4 is 5.32 Å². The molecule has 0 bridgehead atoms. The van der Waals surface area contributed by atoms with Crippen molar-refractivity contribution in [3.63, 3.8) is 0 Å². The Labute approximate surface area is 263 Å². The van der Waals surface area contributed by atoms with Crippen molar-refractivity contribution in [2.24, 2.45) is 0 Å². The van der Waals surface area contributed by atoms with Gasteiger partial charge < -0.3 is 34.8 Å². The molecule has 0 aliphatic carbocycles. The quantitative estimate of drug-likeness (QED) is 0.0603. The number of imidazole rings is 1. The van der Waals surface area contributed by atoms with E-state index in [1.807, 2.05) is 12.1 Å². The molecule has 4 atom stereocenters. The van der Waals surface area contributed by atoms with Crippen LogP contribution in [0, 0.1) is 12.3 Å². The normalized spacial score (nSPS) is 14.6. The van der Waals surface area contributed by atoms with Gasteiger partial charge in [0.05, 0.1) is 26.1 Å². The average Bonchev–Trinajstić information content (AvgIpc) is 3.47. The van der Waals surface area contributed by atoms with Crippen molar-refractivity contribution in [2.75, 3.05) is 25.1 Å². The summed E-state index contributed by atoms with van der Waals surface area (Å²) < 4.78 is 18.0. The summed E-state index contributed by atoms with van der Waals surface area (Å²) in [6.07, 6.45) is 5.45. The summed E-state index contributed by atoms with van der Waals surface area (Å²) in [7, 11) is 0. The number of ether oxygens (including phenoxy) is 3. The Morgan fingerprint density at radius 1 is 1.16 bits per heavy atom. The van der Waals surface area contributed by atoms with Crippen LogP contribution >= 0.6 is 11.6 Å². The van der Waals surface area contributed by atoms with Crippen molar-refractivity contribution in [2.45, 2.75) is 43.9 Å². The summed E-state index contributed by atoms with van der Waals surface area (Å²) in [5.41, 5.74) is -0.649. The van der Waals surface area contributed by atoms with Gasteiger partial charge in [-0.05, 0) is 41.8 Å². The fourth-order valence-electron chi connectivity index (χ4n) is 4.37. The number of esters is 1. The van der Waals surface area contributed by atoms with Crippen molar-refractivity contribution in [3.05, 3.63) is 77.6 Å². The lowest BCUT2D eigenvalue weighted by molar-refractivity contribution is -0.198. The molecule has 1 aromatic carbocycles. The number of terminal acetylenes is 1. The molecule has 4 aromatic rings. The van der Waals surface area contributed by atoms with E-state index in [2.05, 4.69) is 31.2 Å². The molecule has 45 heavy (non-hydrogen) atoms. The predicted octanol–water partition coefficient (Wildman–Crippen LogP) is 2.00. The van der Waals surface area contributed by atoms with Crippen molar-refractivity contribution in [3.8, 4) is 12.3 Å². The molecule has 3 aromatic heterocycles. The molecule has 15 heteroatoms. The number of pyridine rings is 1. The highest BCUT2D eigenvalue weighted by molar-refractivity contribution is 6.28. The summed E-state index contributed by atoms with van der Waals surface area (Å²) in [5.74, 6) is -0.260. The van der Waals surface area contributed by atoms with Crippen LogP contribution in [0.15, 0.2) is 61.2 Å². The van der Waals surface area contributed by atoms with Crippen LogP contribution in [0.2, 0.25) is 5.28 Å². The fraction of sp³-hybridized carbons (Fsp3) is 0.333. The van der Waals surface area contributed by atoms with Gasteiger partial charge >= 0.3 is 11.9 Å². The number of carboxylic acid groups (broad SMARTS) is 1. The second-order valence-corrected chi connectivity index (χ2v) is 9.98. The zero-order valence-electron chi connectivity index (χ0n) is 24.1. The number of nitrogens with zero attached hydrogens (tertiary/aromatic N) is 5. The van der Waals surface area contributed by atoms with E-state index in [1.54, 1.807) is 42.7 Å². The van der Waals surface area contributed by atoms with Crippen LogP contribution in [0.5, 0.6) is 0 Å². The monoisotopic (exact) mass is 638 g/mol. The van der Waals surface area contributed by atoms with Crippen LogP contribution in [0.25, 0.3) is 11.2 Å². The minimum Gasteiger partial charge on any atom is -0.479 e. The zero-order chi connectivity index (χ0) is 32.4. The standard InChI is InChI=1S/C30H31ClN6O8/c1-3-22(39)26(37-18-34-23-24(35-29(31)36-25(23)37)33-15-20-10-12-32-13-11-20)45-21(16-38)17-44-30(27(40)41,28(42)43-4-2)14-19-8-6-5-7-9-19/h1,5-13,18,21-22,26,38-39H,4,14-17H2,2H3,(H,40,41)(H,33,35,36)/t21-,22+,26+,30?/m0/s1. The van der Waals surface area contributed by atoms with Crippen molar-refractivity contribution >= 4 is 40.5 Å². The second-order valence-electron chi connectivity index (χ2n) is 9.64.